The zero-order chi connectivity index (χ0) is 15.8. The molecule has 0 fully saturated rings. The third kappa shape index (κ3) is 4.91. The van der Waals surface area contributed by atoms with Gasteiger partial charge < -0.3 is 14.6 Å². The predicted octanol–water partition coefficient (Wildman–Crippen LogP) is 4.19. The molecule has 0 saturated heterocycles. The quantitative estimate of drug-likeness (QED) is 0.742. The highest BCUT2D eigenvalue weighted by molar-refractivity contribution is 6.02. The molecule has 118 valence electrons. The zero-order valence-corrected chi connectivity index (χ0v) is 13.1. The molecule has 1 N–H and O–H groups in total. The third-order valence-electron chi connectivity index (χ3n) is 3.21. The van der Waals surface area contributed by atoms with Gasteiger partial charge in [-0.05, 0) is 25.5 Å². The molecule has 0 spiro atoms. The van der Waals surface area contributed by atoms with Crippen molar-refractivity contribution in [3.05, 3.63) is 41.8 Å². The van der Waals surface area contributed by atoms with Crippen LogP contribution in [0.1, 0.15) is 48.9 Å². The van der Waals surface area contributed by atoms with E-state index in [4.69, 9.17) is 9.26 Å². The molecule has 1 amide bonds. The van der Waals surface area contributed by atoms with Crippen LogP contribution in [-0.2, 0) is 0 Å². The number of rotatable bonds is 8. The van der Waals surface area contributed by atoms with Crippen molar-refractivity contribution < 1.29 is 14.1 Å². The van der Waals surface area contributed by atoms with Gasteiger partial charge in [-0.15, -0.1) is 0 Å². The molecule has 1 aromatic carbocycles. The fraction of sp³-hybridized carbons (Fsp3) is 0.412. The number of benzene rings is 1. The lowest BCUT2D eigenvalue weighted by Gasteiger charge is -2.08. The first-order valence-corrected chi connectivity index (χ1v) is 7.66. The maximum atomic E-state index is 12.0. The minimum absolute atomic E-state index is 0.198. The van der Waals surface area contributed by atoms with Crippen LogP contribution in [0.2, 0.25) is 0 Å². The Morgan fingerprint density at radius 3 is 2.86 bits per heavy atom. The van der Waals surface area contributed by atoms with E-state index in [1.165, 1.54) is 19.3 Å². The molecule has 0 unspecified atom stereocenters. The largest absolute Gasteiger partial charge is 0.494 e. The molecular weight excluding hydrogens is 280 g/mol. The Hall–Kier alpha value is -2.30. The minimum atomic E-state index is -0.319. The van der Waals surface area contributed by atoms with Gasteiger partial charge in [0.05, 0.1) is 12.3 Å². The van der Waals surface area contributed by atoms with Crippen molar-refractivity contribution in [2.75, 3.05) is 11.9 Å². The van der Waals surface area contributed by atoms with Crippen LogP contribution in [0.5, 0.6) is 5.75 Å². The second kappa shape index (κ2) is 8.22. The summed E-state index contributed by atoms with van der Waals surface area (Å²) in [7, 11) is 0. The number of nitrogens with one attached hydrogen (secondary N) is 1. The number of unbranched alkanes of at least 4 members (excludes halogenated alkanes) is 3. The summed E-state index contributed by atoms with van der Waals surface area (Å²) in [4.78, 5) is 12.0. The summed E-state index contributed by atoms with van der Waals surface area (Å²) in [5.74, 6) is 0.632. The standard InChI is InChI=1S/C17H22N2O3/c1-3-4-5-6-10-21-15-9-7-8-14(12-15)18-17(20)16-11-13(2)19-22-16/h7-9,11-12H,3-6,10H2,1-2H3,(H,18,20). The first-order valence-electron chi connectivity index (χ1n) is 7.66. The molecule has 5 heteroatoms. The van der Waals surface area contributed by atoms with Crippen LogP contribution in [0.4, 0.5) is 5.69 Å². The van der Waals surface area contributed by atoms with Gasteiger partial charge in [0.25, 0.3) is 5.91 Å². The monoisotopic (exact) mass is 302 g/mol. The van der Waals surface area contributed by atoms with Crippen LogP contribution >= 0.6 is 0 Å². The SMILES string of the molecule is CCCCCCOc1cccc(NC(=O)c2cc(C)no2)c1. The number of hydrogen-bond acceptors (Lipinski definition) is 4. The molecule has 0 radical (unpaired) electrons. The Labute approximate surface area is 130 Å². The van der Waals surface area contributed by atoms with E-state index in [2.05, 4.69) is 17.4 Å². The Kier molecular flexibility index (Phi) is 6.01. The van der Waals surface area contributed by atoms with Crippen molar-refractivity contribution in [3.63, 3.8) is 0 Å². The smallest absolute Gasteiger partial charge is 0.294 e. The Morgan fingerprint density at radius 2 is 2.14 bits per heavy atom. The summed E-state index contributed by atoms with van der Waals surface area (Å²) in [5, 5.41) is 6.47. The van der Waals surface area contributed by atoms with E-state index in [0.29, 0.717) is 18.0 Å². The number of aryl methyl sites for hydroxylation is 1. The molecule has 2 rings (SSSR count). The van der Waals surface area contributed by atoms with Crippen LogP contribution in [-0.4, -0.2) is 17.7 Å². The number of aromatic nitrogens is 1. The Morgan fingerprint density at radius 1 is 1.27 bits per heavy atom. The summed E-state index contributed by atoms with van der Waals surface area (Å²) in [6, 6.07) is 8.95. The van der Waals surface area contributed by atoms with Crippen LogP contribution in [0.15, 0.2) is 34.9 Å². The lowest BCUT2D eigenvalue weighted by Crippen LogP contribution is -2.11. The summed E-state index contributed by atoms with van der Waals surface area (Å²) < 4.78 is 10.6. The van der Waals surface area contributed by atoms with Crippen LogP contribution in [0, 0.1) is 6.92 Å². The number of anilines is 1. The van der Waals surface area contributed by atoms with E-state index in [1.807, 2.05) is 18.2 Å². The number of hydrogen-bond donors (Lipinski definition) is 1. The fourth-order valence-electron chi connectivity index (χ4n) is 2.05. The number of amides is 1. The molecule has 0 saturated carbocycles. The van der Waals surface area contributed by atoms with E-state index < -0.39 is 0 Å². The lowest BCUT2D eigenvalue weighted by molar-refractivity contribution is 0.0988. The van der Waals surface area contributed by atoms with Gasteiger partial charge in [0, 0.05) is 17.8 Å². The van der Waals surface area contributed by atoms with Gasteiger partial charge in [0.1, 0.15) is 5.75 Å². The highest BCUT2D eigenvalue weighted by Crippen LogP contribution is 2.18. The Bertz CT molecular complexity index is 607. The van der Waals surface area contributed by atoms with Crippen molar-refractivity contribution in [2.24, 2.45) is 0 Å². The summed E-state index contributed by atoms with van der Waals surface area (Å²) in [6.45, 7) is 4.65. The van der Waals surface area contributed by atoms with Gasteiger partial charge in [0.15, 0.2) is 0 Å². The zero-order valence-electron chi connectivity index (χ0n) is 13.1. The normalized spacial score (nSPS) is 10.5. The summed E-state index contributed by atoms with van der Waals surface area (Å²) in [5.41, 5.74) is 1.35. The second-order valence-electron chi connectivity index (χ2n) is 5.22. The van der Waals surface area contributed by atoms with Crippen molar-refractivity contribution >= 4 is 11.6 Å². The van der Waals surface area contributed by atoms with Crippen molar-refractivity contribution in [2.45, 2.75) is 39.5 Å². The topological polar surface area (TPSA) is 64.4 Å². The number of ether oxygens (including phenoxy) is 1. The second-order valence-corrected chi connectivity index (χ2v) is 5.22. The van der Waals surface area contributed by atoms with Gasteiger partial charge in [-0.2, -0.15) is 0 Å². The summed E-state index contributed by atoms with van der Waals surface area (Å²) in [6.07, 6.45) is 4.66. The van der Waals surface area contributed by atoms with E-state index in [-0.39, 0.29) is 11.7 Å². The van der Waals surface area contributed by atoms with E-state index in [1.54, 1.807) is 19.1 Å². The first kappa shape index (κ1) is 16.1. The molecule has 2 aromatic rings. The van der Waals surface area contributed by atoms with Crippen LogP contribution in [0.25, 0.3) is 0 Å². The number of nitrogens with zero attached hydrogens (tertiary/aromatic N) is 1. The van der Waals surface area contributed by atoms with Crippen molar-refractivity contribution in [1.82, 2.24) is 5.16 Å². The molecule has 0 aliphatic carbocycles. The molecule has 0 atom stereocenters. The maximum Gasteiger partial charge on any atom is 0.294 e. The van der Waals surface area contributed by atoms with Crippen molar-refractivity contribution in [1.29, 1.82) is 0 Å². The molecule has 0 aliphatic heterocycles. The van der Waals surface area contributed by atoms with E-state index in [9.17, 15) is 4.79 Å². The highest BCUT2D eigenvalue weighted by atomic mass is 16.5. The minimum Gasteiger partial charge on any atom is -0.494 e. The molecule has 22 heavy (non-hydrogen) atoms. The van der Waals surface area contributed by atoms with Gasteiger partial charge in [-0.25, -0.2) is 0 Å². The van der Waals surface area contributed by atoms with Crippen LogP contribution < -0.4 is 10.1 Å². The van der Waals surface area contributed by atoms with Crippen LogP contribution in [0.3, 0.4) is 0 Å². The predicted molar refractivity (Wildman–Crippen MR) is 85.3 cm³/mol. The number of carbonyl (C=O) groups is 1. The van der Waals surface area contributed by atoms with Crippen molar-refractivity contribution in [3.8, 4) is 5.75 Å². The molecule has 1 heterocycles. The summed E-state index contributed by atoms with van der Waals surface area (Å²) >= 11 is 0. The molecule has 0 bridgehead atoms. The molecular formula is C17H22N2O3. The van der Waals surface area contributed by atoms with Gasteiger partial charge >= 0.3 is 0 Å². The molecule has 5 nitrogen and oxygen atoms in total. The average Bonchev–Trinajstić information content (AvgIpc) is 2.94. The molecule has 1 aromatic heterocycles. The van der Waals surface area contributed by atoms with E-state index in [0.717, 1.165) is 12.2 Å². The fourth-order valence-corrected chi connectivity index (χ4v) is 2.05. The molecule has 0 aliphatic rings. The van der Waals surface area contributed by atoms with E-state index >= 15 is 0 Å². The average molecular weight is 302 g/mol. The first-order chi connectivity index (χ1) is 10.7. The van der Waals surface area contributed by atoms with Gasteiger partial charge in [-0.1, -0.05) is 37.4 Å². The van der Waals surface area contributed by atoms with Gasteiger partial charge in [-0.3, -0.25) is 4.79 Å². The Balaban J connectivity index is 1.87. The highest BCUT2D eigenvalue weighted by Gasteiger charge is 2.11. The third-order valence-corrected chi connectivity index (χ3v) is 3.21. The lowest BCUT2D eigenvalue weighted by atomic mass is 10.2. The van der Waals surface area contributed by atoms with Gasteiger partial charge in [0.2, 0.25) is 5.76 Å². The number of carbonyl (C=O) groups excluding carboxylic acids is 1. The maximum absolute atomic E-state index is 12.0.